The molecule has 4 aromatic carbocycles. The van der Waals surface area contributed by atoms with Crippen LogP contribution in [0.2, 0.25) is 5.02 Å². The number of nitrogens with zero attached hydrogens (tertiary/aromatic N) is 1. The van der Waals surface area contributed by atoms with Gasteiger partial charge >= 0.3 is 0 Å². The Balaban J connectivity index is 1.32. The number of anilines is 1. The predicted octanol–water partition coefficient (Wildman–Crippen LogP) is 8.12. The van der Waals surface area contributed by atoms with Gasteiger partial charge in [0.2, 0.25) is 0 Å². The monoisotopic (exact) mass is 500 g/mol. The topological polar surface area (TPSA) is 43.4 Å². The number of fused-ring (bicyclic) bond motifs is 1. The van der Waals surface area contributed by atoms with Crippen molar-refractivity contribution in [1.29, 1.82) is 0 Å². The van der Waals surface area contributed by atoms with E-state index in [1.165, 1.54) is 10.3 Å². The zero-order valence-corrected chi connectivity index (χ0v) is 21.1. The maximum absolute atomic E-state index is 6.36. The van der Waals surface area contributed by atoms with E-state index in [1.807, 2.05) is 36.4 Å². The number of aromatic nitrogens is 1. The van der Waals surface area contributed by atoms with Gasteiger partial charge in [-0.1, -0.05) is 48.0 Å². The van der Waals surface area contributed by atoms with Crippen molar-refractivity contribution in [2.75, 3.05) is 12.4 Å². The number of hydrogen-bond acceptors (Lipinski definition) is 5. The Bertz CT molecular complexity index is 1450. The molecule has 1 heterocycles. The molecule has 5 aromatic rings. The van der Waals surface area contributed by atoms with Crippen LogP contribution < -0.4 is 14.8 Å². The highest BCUT2D eigenvalue weighted by Crippen LogP contribution is 2.36. The van der Waals surface area contributed by atoms with Crippen LogP contribution in [0.1, 0.15) is 16.7 Å². The van der Waals surface area contributed by atoms with Crippen molar-refractivity contribution in [3.05, 3.63) is 107 Å². The van der Waals surface area contributed by atoms with Gasteiger partial charge < -0.3 is 14.8 Å². The number of ether oxygens (including phenoxy) is 2. The molecule has 0 bridgehead atoms. The fraction of sp³-hybridized carbons (Fsp3) is 0.138. The Morgan fingerprint density at radius 3 is 2.51 bits per heavy atom. The largest absolute Gasteiger partial charge is 0.493 e. The minimum Gasteiger partial charge on any atom is -0.493 e. The summed E-state index contributed by atoms with van der Waals surface area (Å²) < 4.78 is 12.9. The minimum atomic E-state index is 0.447. The Morgan fingerprint density at radius 2 is 1.74 bits per heavy atom. The molecule has 0 saturated carbocycles. The molecule has 6 heteroatoms. The Kier molecular flexibility index (Phi) is 6.89. The van der Waals surface area contributed by atoms with Crippen LogP contribution >= 0.6 is 22.9 Å². The van der Waals surface area contributed by atoms with Crippen molar-refractivity contribution in [2.45, 2.75) is 20.1 Å². The van der Waals surface area contributed by atoms with Crippen LogP contribution in [0.25, 0.3) is 20.8 Å². The van der Waals surface area contributed by atoms with E-state index in [2.05, 4.69) is 54.7 Å². The number of nitrogens with one attached hydrogen (secondary N) is 1. The normalized spacial score (nSPS) is 10.9. The first-order valence-electron chi connectivity index (χ1n) is 11.3. The van der Waals surface area contributed by atoms with E-state index in [0.29, 0.717) is 29.7 Å². The standard InChI is InChI=1S/C29H25ClN2O2S/c1-19-8-13-25-27(14-19)35-29(32-25)21-9-11-24(12-10-21)31-17-22-15-23(30)16-26(33-2)28(22)34-18-20-6-4-3-5-7-20/h3-16,31H,17-18H2,1-2H3. The van der Waals surface area contributed by atoms with Crippen molar-refractivity contribution >= 4 is 38.8 Å². The molecule has 35 heavy (non-hydrogen) atoms. The summed E-state index contributed by atoms with van der Waals surface area (Å²) >= 11 is 8.08. The van der Waals surface area contributed by atoms with Crippen LogP contribution in [0.5, 0.6) is 11.5 Å². The van der Waals surface area contributed by atoms with Gasteiger partial charge in [-0.15, -0.1) is 11.3 Å². The van der Waals surface area contributed by atoms with Gasteiger partial charge in [0.15, 0.2) is 11.5 Å². The molecule has 176 valence electrons. The lowest BCUT2D eigenvalue weighted by Crippen LogP contribution is -2.05. The number of halogens is 1. The first-order chi connectivity index (χ1) is 17.1. The Hall–Kier alpha value is -3.54. The van der Waals surface area contributed by atoms with Crippen molar-refractivity contribution in [1.82, 2.24) is 4.98 Å². The lowest BCUT2D eigenvalue weighted by Gasteiger charge is -2.17. The van der Waals surface area contributed by atoms with Crippen LogP contribution in [0.3, 0.4) is 0 Å². The van der Waals surface area contributed by atoms with Crippen molar-refractivity contribution < 1.29 is 9.47 Å². The number of methoxy groups -OCH3 is 1. The summed E-state index contributed by atoms with van der Waals surface area (Å²) in [5.41, 5.74) is 6.40. The summed E-state index contributed by atoms with van der Waals surface area (Å²) in [4.78, 5) is 4.79. The maximum Gasteiger partial charge on any atom is 0.166 e. The van der Waals surface area contributed by atoms with Gasteiger partial charge in [0.1, 0.15) is 11.6 Å². The highest BCUT2D eigenvalue weighted by atomic mass is 35.5. The summed E-state index contributed by atoms with van der Waals surface area (Å²) in [5, 5.41) is 5.11. The summed E-state index contributed by atoms with van der Waals surface area (Å²) in [6, 6.07) is 28.4. The predicted molar refractivity (Wildman–Crippen MR) is 146 cm³/mol. The quantitative estimate of drug-likeness (QED) is 0.233. The number of aryl methyl sites for hydroxylation is 1. The third-order valence-electron chi connectivity index (χ3n) is 5.70. The van der Waals surface area contributed by atoms with Crippen molar-refractivity contribution in [2.24, 2.45) is 0 Å². The van der Waals surface area contributed by atoms with Crippen LogP contribution in [0.4, 0.5) is 5.69 Å². The molecule has 0 unspecified atom stereocenters. The third-order valence-corrected chi connectivity index (χ3v) is 6.99. The summed E-state index contributed by atoms with van der Waals surface area (Å²) in [6.07, 6.45) is 0. The van der Waals surface area contributed by atoms with Gasteiger partial charge in [-0.2, -0.15) is 0 Å². The molecule has 4 nitrogen and oxygen atoms in total. The van der Waals surface area contributed by atoms with E-state index in [4.69, 9.17) is 26.1 Å². The molecule has 5 rings (SSSR count). The lowest BCUT2D eigenvalue weighted by molar-refractivity contribution is 0.281. The third kappa shape index (κ3) is 5.42. The average Bonchev–Trinajstić information content (AvgIpc) is 3.30. The molecular weight excluding hydrogens is 476 g/mol. The number of thiazole rings is 1. The van der Waals surface area contributed by atoms with Gasteiger partial charge in [0.05, 0.1) is 17.3 Å². The smallest absolute Gasteiger partial charge is 0.166 e. The SMILES string of the molecule is COc1cc(Cl)cc(CNc2ccc(-c3nc4ccc(C)cc4s3)cc2)c1OCc1ccccc1. The second-order valence-corrected chi connectivity index (χ2v) is 9.76. The summed E-state index contributed by atoms with van der Waals surface area (Å²) in [6.45, 7) is 3.09. The molecular formula is C29H25ClN2O2S. The first kappa shape index (κ1) is 23.2. The molecule has 1 N–H and O–H groups in total. The molecule has 1 aromatic heterocycles. The number of rotatable bonds is 8. The molecule has 0 radical (unpaired) electrons. The van der Waals surface area contributed by atoms with Crippen molar-refractivity contribution in [3.63, 3.8) is 0 Å². The van der Waals surface area contributed by atoms with Crippen molar-refractivity contribution in [3.8, 4) is 22.1 Å². The van der Waals surface area contributed by atoms with Gasteiger partial charge in [-0.05, 0) is 60.5 Å². The Labute approximate surface area is 214 Å². The fourth-order valence-electron chi connectivity index (χ4n) is 3.88. The first-order valence-corrected chi connectivity index (χ1v) is 12.5. The van der Waals surface area contributed by atoms with Crippen LogP contribution in [-0.4, -0.2) is 12.1 Å². The van der Waals surface area contributed by atoms with Gasteiger partial charge in [0.25, 0.3) is 0 Å². The van der Waals surface area contributed by atoms with Crippen LogP contribution in [0.15, 0.2) is 84.9 Å². The Morgan fingerprint density at radius 1 is 0.943 bits per heavy atom. The average molecular weight is 501 g/mol. The van der Waals surface area contributed by atoms with E-state index >= 15 is 0 Å². The van der Waals surface area contributed by atoms with E-state index in [9.17, 15) is 0 Å². The molecule has 0 aliphatic heterocycles. The van der Waals surface area contributed by atoms with Gasteiger partial charge in [-0.3, -0.25) is 0 Å². The molecule has 0 spiro atoms. The molecule has 0 aliphatic carbocycles. The van der Waals surface area contributed by atoms with Gasteiger partial charge in [-0.25, -0.2) is 4.98 Å². The van der Waals surface area contributed by atoms with Crippen LogP contribution in [-0.2, 0) is 13.2 Å². The highest BCUT2D eigenvalue weighted by molar-refractivity contribution is 7.21. The molecule has 0 amide bonds. The van der Waals surface area contributed by atoms with Crippen LogP contribution in [0, 0.1) is 6.92 Å². The highest BCUT2D eigenvalue weighted by Gasteiger charge is 2.14. The number of hydrogen-bond donors (Lipinski definition) is 1. The molecule has 0 fully saturated rings. The zero-order valence-electron chi connectivity index (χ0n) is 19.5. The van der Waals surface area contributed by atoms with E-state index in [-0.39, 0.29) is 0 Å². The maximum atomic E-state index is 6.36. The second kappa shape index (κ2) is 10.4. The zero-order chi connectivity index (χ0) is 24.2. The van der Waals surface area contributed by atoms with E-state index in [0.717, 1.165) is 32.9 Å². The van der Waals surface area contributed by atoms with E-state index < -0.39 is 0 Å². The van der Waals surface area contributed by atoms with E-state index in [1.54, 1.807) is 24.5 Å². The fourth-order valence-corrected chi connectivity index (χ4v) is 5.18. The van der Waals surface area contributed by atoms with Gasteiger partial charge in [0, 0.05) is 34.4 Å². The lowest BCUT2D eigenvalue weighted by atomic mass is 10.1. The summed E-state index contributed by atoms with van der Waals surface area (Å²) in [5.74, 6) is 1.31. The second-order valence-electron chi connectivity index (χ2n) is 8.29. The number of benzene rings is 4. The minimum absolute atomic E-state index is 0.447. The summed E-state index contributed by atoms with van der Waals surface area (Å²) in [7, 11) is 1.63. The molecule has 0 aliphatic rings. The molecule has 0 atom stereocenters. The molecule has 0 saturated heterocycles.